The molecule has 4 heteroatoms. The number of carbonyl (C=O) groups excluding carboxylic acids is 1. The van der Waals surface area contributed by atoms with Gasteiger partial charge in [-0.05, 0) is 18.2 Å². The number of nitrogens with zero attached hydrogens (tertiary/aromatic N) is 1. The monoisotopic (exact) mass is 217 g/mol. The second kappa shape index (κ2) is 5.53. The van der Waals surface area contributed by atoms with Gasteiger partial charge in [-0.25, -0.2) is 4.39 Å². The van der Waals surface area contributed by atoms with Gasteiger partial charge in [-0.1, -0.05) is 11.8 Å². The lowest BCUT2D eigenvalue weighted by molar-refractivity contribution is -0.139. The zero-order valence-corrected chi connectivity index (χ0v) is 8.58. The van der Waals surface area contributed by atoms with Crippen molar-refractivity contribution in [1.29, 1.82) is 5.26 Å². The highest BCUT2D eigenvalue weighted by atomic mass is 19.1. The summed E-state index contributed by atoms with van der Waals surface area (Å²) in [7, 11) is 1.26. The molecule has 0 unspecified atom stereocenters. The molecule has 1 rings (SSSR count). The van der Waals surface area contributed by atoms with Gasteiger partial charge in [0.1, 0.15) is 18.3 Å². The minimum atomic E-state index is -0.471. The predicted octanol–water partition coefficient (Wildman–Crippen LogP) is 1.61. The maximum atomic E-state index is 12.9. The van der Waals surface area contributed by atoms with Crippen LogP contribution in [0.25, 0.3) is 0 Å². The first-order valence-corrected chi connectivity index (χ1v) is 4.42. The molecule has 0 bridgehead atoms. The van der Waals surface area contributed by atoms with Crippen molar-refractivity contribution in [2.24, 2.45) is 0 Å². The molecule has 0 aliphatic heterocycles. The van der Waals surface area contributed by atoms with Crippen LogP contribution in [0, 0.1) is 29.0 Å². The maximum Gasteiger partial charge on any atom is 0.317 e. The van der Waals surface area contributed by atoms with Crippen molar-refractivity contribution in [2.75, 3.05) is 7.11 Å². The second-order valence-corrected chi connectivity index (χ2v) is 2.86. The first kappa shape index (κ1) is 11.7. The van der Waals surface area contributed by atoms with E-state index in [4.69, 9.17) is 5.26 Å². The summed E-state index contributed by atoms with van der Waals surface area (Å²) in [6.07, 6.45) is -0.0854. The Labute approximate surface area is 92.5 Å². The summed E-state index contributed by atoms with van der Waals surface area (Å²) >= 11 is 0. The summed E-state index contributed by atoms with van der Waals surface area (Å²) in [4.78, 5) is 10.8. The molecule has 0 N–H and O–H groups in total. The third-order valence-electron chi connectivity index (χ3n) is 1.79. The van der Waals surface area contributed by atoms with Gasteiger partial charge >= 0.3 is 5.97 Å². The van der Waals surface area contributed by atoms with Gasteiger partial charge in [0.15, 0.2) is 0 Å². The van der Waals surface area contributed by atoms with E-state index in [-0.39, 0.29) is 17.5 Å². The molecule has 0 saturated carbocycles. The quantitative estimate of drug-likeness (QED) is 0.530. The van der Waals surface area contributed by atoms with Gasteiger partial charge in [-0.3, -0.25) is 4.79 Å². The van der Waals surface area contributed by atoms with Crippen molar-refractivity contribution in [3.05, 3.63) is 35.1 Å². The fourth-order valence-electron chi connectivity index (χ4n) is 1.00. The van der Waals surface area contributed by atoms with Gasteiger partial charge < -0.3 is 4.74 Å². The van der Waals surface area contributed by atoms with Crippen molar-refractivity contribution < 1.29 is 13.9 Å². The molecule has 1 aromatic carbocycles. The molecular formula is C12H8FNO2. The zero-order chi connectivity index (χ0) is 12.0. The molecule has 80 valence electrons. The van der Waals surface area contributed by atoms with Gasteiger partial charge in [-0.2, -0.15) is 5.26 Å². The molecule has 0 amide bonds. The lowest BCUT2D eigenvalue weighted by Gasteiger charge is -1.94. The highest BCUT2D eigenvalue weighted by Gasteiger charge is 2.00. The van der Waals surface area contributed by atoms with E-state index in [0.29, 0.717) is 0 Å². The SMILES string of the molecule is COC(=O)CC#Cc1cc(F)ccc1C#N. The van der Waals surface area contributed by atoms with Crippen molar-refractivity contribution in [3.63, 3.8) is 0 Å². The Bertz CT molecular complexity index is 506. The normalized spacial score (nSPS) is 8.56. The van der Waals surface area contributed by atoms with Crippen LogP contribution < -0.4 is 0 Å². The minimum absolute atomic E-state index is 0.0854. The van der Waals surface area contributed by atoms with E-state index in [1.165, 1.54) is 19.2 Å². The Kier molecular flexibility index (Phi) is 4.06. The number of ether oxygens (including phenoxy) is 1. The van der Waals surface area contributed by atoms with Crippen molar-refractivity contribution in [1.82, 2.24) is 0 Å². The Balaban J connectivity index is 2.92. The first-order valence-electron chi connectivity index (χ1n) is 4.42. The molecule has 16 heavy (non-hydrogen) atoms. The second-order valence-electron chi connectivity index (χ2n) is 2.86. The van der Waals surface area contributed by atoms with Crippen molar-refractivity contribution in [3.8, 4) is 17.9 Å². The van der Waals surface area contributed by atoms with Crippen LogP contribution in [0.5, 0.6) is 0 Å². The molecular weight excluding hydrogens is 209 g/mol. The van der Waals surface area contributed by atoms with Crippen LogP contribution >= 0.6 is 0 Å². The van der Waals surface area contributed by atoms with Gasteiger partial charge in [-0.15, -0.1) is 0 Å². The van der Waals surface area contributed by atoms with Crippen LogP contribution in [0.2, 0.25) is 0 Å². The van der Waals surface area contributed by atoms with E-state index in [2.05, 4.69) is 16.6 Å². The van der Waals surface area contributed by atoms with E-state index < -0.39 is 11.8 Å². The van der Waals surface area contributed by atoms with Crippen LogP contribution in [0.4, 0.5) is 4.39 Å². The number of hydrogen-bond acceptors (Lipinski definition) is 3. The number of carbonyl (C=O) groups is 1. The number of halogens is 1. The summed E-state index contributed by atoms with van der Waals surface area (Å²) in [5.74, 6) is 4.13. The van der Waals surface area contributed by atoms with E-state index in [1.807, 2.05) is 6.07 Å². The van der Waals surface area contributed by atoms with E-state index >= 15 is 0 Å². The lowest BCUT2D eigenvalue weighted by atomic mass is 10.1. The third-order valence-corrected chi connectivity index (χ3v) is 1.79. The predicted molar refractivity (Wildman–Crippen MR) is 54.6 cm³/mol. The smallest absolute Gasteiger partial charge is 0.317 e. The molecule has 0 saturated heterocycles. The van der Waals surface area contributed by atoms with Crippen molar-refractivity contribution >= 4 is 5.97 Å². The standard InChI is InChI=1S/C12H8FNO2/c1-16-12(15)4-2-3-9-7-11(13)6-5-10(9)8-14/h5-7H,4H2,1H3. The fourth-order valence-corrected chi connectivity index (χ4v) is 1.00. The molecule has 0 aliphatic rings. The largest absolute Gasteiger partial charge is 0.468 e. The number of methoxy groups -OCH3 is 1. The molecule has 0 radical (unpaired) electrons. The molecule has 3 nitrogen and oxygen atoms in total. The number of rotatable bonds is 1. The average Bonchev–Trinajstić information content (AvgIpc) is 2.29. The maximum absolute atomic E-state index is 12.9. The summed E-state index contributed by atoms with van der Waals surface area (Å²) in [6, 6.07) is 5.57. The summed E-state index contributed by atoms with van der Waals surface area (Å²) in [6.45, 7) is 0. The van der Waals surface area contributed by atoms with Crippen LogP contribution in [0.15, 0.2) is 18.2 Å². The Morgan fingerprint density at radius 1 is 1.50 bits per heavy atom. The van der Waals surface area contributed by atoms with Gasteiger partial charge in [0.05, 0.1) is 12.7 Å². The fraction of sp³-hybridized carbons (Fsp3) is 0.167. The van der Waals surface area contributed by atoms with Crippen LogP contribution in [0.3, 0.4) is 0 Å². The summed E-state index contributed by atoms with van der Waals surface area (Å²) in [5, 5.41) is 8.73. The number of nitriles is 1. The Morgan fingerprint density at radius 3 is 2.88 bits per heavy atom. The van der Waals surface area contributed by atoms with E-state index in [1.54, 1.807) is 0 Å². The Hall–Kier alpha value is -2.33. The molecule has 0 aliphatic carbocycles. The molecule has 0 atom stereocenters. The summed E-state index contributed by atoms with van der Waals surface area (Å²) in [5.41, 5.74) is 0.546. The molecule has 0 fully saturated rings. The van der Waals surface area contributed by atoms with E-state index in [0.717, 1.165) is 6.07 Å². The van der Waals surface area contributed by atoms with Crippen molar-refractivity contribution in [2.45, 2.75) is 6.42 Å². The Morgan fingerprint density at radius 2 is 2.25 bits per heavy atom. The first-order chi connectivity index (χ1) is 7.67. The highest BCUT2D eigenvalue weighted by Crippen LogP contribution is 2.08. The molecule has 0 aromatic heterocycles. The van der Waals surface area contributed by atoms with Crippen LogP contribution in [-0.2, 0) is 9.53 Å². The van der Waals surface area contributed by atoms with Gasteiger partial charge in [0, 0.05) is 5.56 Å². The minimum Gasteiger partial charge on any atom is -0.468 e. The highest BCUT2D eigenvalue weighted by molar-refractivity contribution is 5.72. The average molecular weight is 217 g/mol. The zero-order valence-electron chi connectivity index (χ0n) is 8.58. The lowest BCUT2D eigenvalue weighted by Crippen LogP contribution is -1.97. The molecule has 0 heterocycles. The third kappa shape index (κ3) is 3.11. The topological polar surface area (TPSA) is 50.1 Å². The van der Waals surface area contributed by atoms with E-state index in [9.17, 15) is 9.18 Å². The van der Waals surface area contributed by atoms with Gasteiger partial charge in [0.2, 0.25) is 0 Å². The number of esters is 1. The summed E-state index contributed by atoms with van der Waals surface area (Å²) < 4.78 is 17.3. The van der Waals surface area contributed by atoms with Crippen LogP contribution in [0.1, 0.15) is 17.5 Å². The molecule has 1 aromatic rings. The number of benzene rings is 1. The molecule has 0 spiro atoms. The van der Waals surface area contributed by atoms with Crippen LogP contribution in [-0.4, -0.2) is 13.1 Å². The van der Waals surface area contributed by atoms with Gasteiger partial charge in [0.25, 0.3) is 0 Å². The number of hydrogen-bond donors (Lipinski definition) is 0.